The molecule has 1 atom stereocenters. The maximum Gasteiger partial charge on any atom is 0.135 e. The van der Waals surface area contributed by atoms with E-state index in [1.54, 1.807) is 11.9 Å². The molecule has 3 aliphatic rings. The van der Waals surface area contributed by atoms with Crippen molar-refractivity contribution in [3.05, 3.63) is 46.9 Å². The van der Waals surface area contributed by atoms with Crippen LogP contribution in [-0.4, -0.2) is 35.6 Å². The van der Waals surface area contributed by atoms with E-state index in [4.69, 9.17) is 4.98 Å². The first-order chi connectivity index (χ1) is 15.0. The van der Waals surface area contributed by atoms with Crippen molar-refractivity contribution < 1.29 is 0 Å². The Morgan fingerprint density at radius 1 is 1.16 bits per heavy atom. The first kappa shape index (κ1) is 20.7. The molecule has 1 fully saturated rings. The topological polar surface area (TPSA) is 53.1 Å². The van der Waals surface area contributed by atoms with Gasteiger partial charge in [0, 0.05) is 54.6 Å². The molecule has 3 heterocycles. The number of hydrogen-bond acceptors (Lipinski definition) is 5. The van der Waals surface area contributed by atoms with Gasteiger partial charge in [0.2, 0.25) is 0 Å². The fraction of sp³-hybridized carbons (Fsp3) is 0.615. The van der Waals surface area contributed by atoms with Crippen LogP contribution in [0.5, 0.6) is 0 Å². The number of nitrogens with one attached hydrogen (secondary N) is 2. The van der Waals surface area contributed by atoms with Crippen LogP contribution >= 0.6 is 0 Å². The highest BCUT2D eigenvalue weighted by molar-refractivity contribution is 5.64. The Balaban J connectivity index is 1.40. The lowest BCUT2D eigenvalue weighted by Crippen LogP contribution is -2.45. The van der Waals surface area contributed by atoms with Crippen LogP contribution in [-0.2, 0) is 18.4 Å². The van der Waals surface area contributed by atoms with Crippen molar-refractivity contribution in [2.24, 2.45) is 5.92 Å². The van der Waals surface area contributed by atoms with Gasteiger partial charge < -0.3 is 15.5 Å². The van der Waals surface area contributed by atoms with Crippen molar-refractivity contribution in [1.82, 2.24) is 15.3 Å². The molecule has 5 heteroatoms. The van der Waals surface area contributed by atoms with E-state index in [9.17, 15) is 0 Å². The maximum atomic E-state index is 4.82. The summed E-state index contributed by atoms with van der Waals surface area (Å²) in [6.45, 7) is 13.3. The summed E-state index contributed by atoms with van der Waals surface area (Å²) in [6, 6.07) is 7.28. The highest BCUT2D eigenvalue weighted by atomic mass is 15.2. The van der Waals surface area contributed by atoms with E-state index in [-0.39, 0.29) is 5.41 Å². The Hall–Kier alpha value is -2.14. The van der Waals surface area contributed by atoms with Crippen LogP contribution < -0.4 is 15.5 Å². The van der Waals surface area contributed by atoms with Crippen LogP contribution in [0.3, 0.4) is 0 Å². The molecule has 2 aromatic rings. The van der Waals surface area contributed by atoms with E-state index in [1.165, 1.54) is 47.6 Å². The highest BCUT2D eigenvalue weighted by Gasteiger charge is 2.44. The smallest absolute Gasteiger partial charge is 0.135 e. The zero-order valence-corrected chi connectivity index (χ0v) is 19.5. The molecule has 1 aliphatic carbocycles. The number of benzene rings is 1. The Kier molecular flexibility index (Phi) is 5.41. The number of fused-ring (bicyclic) bond motifs is 3. The minimum Gasteiger partial charge on any atom is -0.384 e. The zero-order chi connectivity index (χ0) is 21.6. The molecule has 1 aromatic carbocycles. The first-order valence-electron chi connectivity index (χ1n) is 12.2. The standard InChI is InChI=1S/C26H37N5/c1-17(2)20-8-9-21-23(20)25(30-16-29-21)31-12-10-26(11-13-31)15-28-22-7-5-6-19(24(22)26)14-27-18(3)4/h5-7,16-18,20,27-28H,8-15H2,1-4H3. The average molecular weight is 420 g/mol. The summed E-state index contributed by atoms with van der Waals surface area (Å²) in [6.07, 6.45) is 6.48. The molecule has 0 amide bonds. The van der Waals surface area contributed by atoms with E-state index in [1.807, 2.05) is 0 Å². The summed E-state index contributed by atoms with van der Waals surface area (Å²) in [7, 11) is 0. The van der Waals surface area contributed by atoms with Gasteiger partial charge in [-0.2, -0.15) is 0 Å². The minimum atomic E-state index is 0.245. The third kappa shape index (κ3) is 3.61. The number of nitrogens with zero attached hydrogens (tertiary/aromatic N) is 3. The summed E-state index contributed by atoms with van der Waals surface area (Å²) in [5.74, 6) is 2.46. The predicted molar refractivity (Wildman–Crippen MR) is 128 cm³/mol. The Morgan fingerprint density at radius 2 is 1.97 bits per heavy atom. The molecule has 166 valence electrons. The lowest BCUT2D eigenvalue weighted by atomic mass is 9.72. The molecule has 1 aromatic heterocycles. The number of aromatic nitrogens is 2. The number of anilines is 2. The molecule has 1 spiro atoms. The minimum absolute atomic E-state index is 0.245. The van der Waals surface area contributed by atoms with Gasteiger partial charge in [-0.15, -0.1) is 0 Å². The summed E-state index contributed by atoms with van der Waals surface area (Å²) in [4.78, 5) is 12.0. The monoisotopic (exact) mass is 419 g/mol. The first-order valence-corrected chi connectivity index (χ1v) is 12.2. The van der Waals surface area contributed by atoms with Crippen LogP contribution in [0.2, 0.25) is 0 Å². The normalized spacial score (nSPS) is 21.6. The van der Waals surface area contributed by atoms with Gasteiger partial charge in [-0.3, -0.25) is 0 Å². The molecule has 5 rings (SSSR count). The zero-order valence-electron chi connectivity index (χ0n) is 19.5. The summed E-state index contributed by atoms with van der Waals surface area (Å²) >= 11 is 0. The third-order valence-electron chi connectivity index (χ3n) is 7.83. The van der Waals surface area contributed by atoms with Gasteiger partial charge in [-0.1, -0.05) is 39.8 Å². The Bertz CT molecular complexity index is 943. The quantitative estimate of drug-likeness (QED) is 0.740. The van der Waals surface area contributed by atoms with Gasteiger partial charge in [0.05, 0.1) is 0 Å². The summed E-state index contributed by atoms with van der Waals surface area (Å²) in [5.41, 5.74) is 7.36. The van der Waals surface area contributed by atoms with Gasteiger partial charge in [0.25, 0.3) is 0 Å². The Labute approximate surface area is 187 Å². The molecule has 1 saturated heterocycles. The van der Waals surface area contributed by atoms with Crippen molar-refractivity contribution >= 4 is 11.5 Å². The van der Waals surface area contributed by atoms with Crippen LogP contribution in [0.15, 0.2) is 24.5 Å². The van der Waals surface area contributed by atoms with Gasteiger partial charge in [0.15, 0.2) is 0 Å². The maximum absolute atomic E-state index is 4.82. The van der Waals surface area contributed by atoms with Crippen LogP contribution in [0.25, 0.3) is 0 Å². The van der Waals surface area contributed by atoms with Gasteiger partial charge in [-0.05, 0) is 54.7 Å². The molecule has 2 aliphatic heterocycles. The van der Waals surface area contributed by atoms with E-state index < -0.39 is 0 Å². The summed E-state index contributed by atoms with van der Waals surface area (Å²) < 4.78 is 0. The molecule has 0 bridgehead atoms. The third-order valence-corrected chi connectivity index (χ3v) is 7.83. The fourth-order valence-electron chi connectivity index (χ4n) is 6.12. The molecular weight excluding hydrogens is 382 g/mol. The second-order valence-electron chi connectivity index (χ2n) is 10.4. The largest absolute Gasteiger partial charge is 0.384 e. The van der Waals surface area contributed by atoms with Gasteiger partial charge in [0.1, 0.15) is 12.1 Å². The number of hydrogen-bond donors (Lipinski definition) is 2. The molecule has 0 radical (unpaired) electrons. The van der Waals surface area contributed by atoms with Crippen molar-refractivity contribution in [2.45, 2.75) is 77.3 Å². The van der Waals surface area contributed by atoms with Crippen molar-refractivity contribution in [2.75, 3.05) is 29.9 Å². The van der Waals surface area contributed by atoms with Gasteiger partial charge >= 0.3 is 0 Å². The lowest BCUT2D eigenvalue weighted by molar-refractivity contribution is 0.356. The molecule has 0 saturated carbocycles. The van der Waals surface area contributed by atoms with E-state index >= 15 is 0 Å². The van der Waals surface area contributed by atoms with Crippen molar-refractivity contribution in [1.29, 1.82) is 0 Å². The fourth-order valence-corrected chi connectivity index (χ4v) is 6.12. The van der Waals surface area contributed by atoms with Crippen molar-refractivity contribution in [3.8, 4) is 0 Å². The molecular formula is C26H37N5. The molecule has 2 N–H and O–H groups in total. The second kappa shape index (κ2) is 8.09. The number of rotatable bonds is 5. The predicted octanol–water partition coefficient (Wildman–Crippen LogP) is 4.62. The second-order valence-corrected chi connectivity index (χ2v) is 10.4. The molecule has 1 unspecified atom stereocenters. The average Bonchev–Trinajstić information content (AvgIpc) is 3.36. The number of aryl methyl sites for hydroxylation is 1. The number of piperidine rings is 1. The highest BCUT2D eigenvalue weighted by Crippen LogP contribution is 2.48. The molecule has 31 heavy (non-hydrogen) atoms. The van der Waals surface area contributed by atoms with Crippen molar-refractivity contribution in [3.63, 3.8) is 0 Å². The van der Waals surface area contributed by atoms with E-state index in [0.717, 1.165) is 32.6 Å². The SMILES string of the molecule is CC(C)NCc1cccc2c1C1(CCN(c3ncnc4c3C(C(C)C)CC4)CC1)CN2. The van der Waals surface area contributed by atoms with E-state index in [2.05, 4.69) is 66.4 Å². The van der Waals surface area contributed by atoms with Crippen LogP contribution in [0.1, 0.15) is 75.3 Å². The Morgan fingerprint density at radius 3 is 2.71 bits per heavy atom. The van der Waals surface area contributed by atoms with Crippen LogP contribution in [0.4, 0.5) is 11.5 Å². The van der Waals surface area contributed by atoms with Crippen LogP contribution in [0, 0.1) is 5.92 Å². The van der Waals surface area contributed by atoms with Gasteiger partial charge in [-0.25, -0.2) is 9.97 Å². The lowest BCUT2D eigenvalue weighted by Gasteiger charge is -2.41. The summed E-state index contributed by atoms with van der Waals surface area (Å²) in [5, 5.41) is 7.37. The molecule has 5 nitrogen and oxygen atoms in total. The van der Waals surface area contributed by atoms with E-state index in [0.29, 0.717) is 17.9 Å².